The Labute approximate surface area is 168 Å². The van der Waals surface area contributed by atoms with Crippen LogP contribution in [0.1, 0.15) is 40.0 Å². The maximum atomic E-state index is 12.7. The smallest absolute Gasteiger partial charge is 0.256 e. The number of nitrogens with zero attached hydrogens (tertiary/aromatic N) is 2. The highest BCUT2D eigenvalue weighted by atomic mass is 32.2. The molecule has 1 aromatic heterocycles. The van der Waals surface area contributed by atoms with Crippen molar-refractivity contribution in [1.29, 1.82) is 0 Å². The molecular formula is C20H24N4O3S. The molecule has 8 heteroatoms. The third-order valence-electron chi connectivity index (χ3n) is 5.01. The fourth-order valence-electron chi connectivity index (χ4n) is 3.43. The first-order valence-corrected chi connectivity index (χ1v) is 10.7. The van der Waals surface area contributed by atoms with Crippen LogP contribution in [0.5, 0.6) is 0 Å². The Kier molecular flexibility index (Phi) is 5.68. The van der Waals surface area contributed by atoms with Crippen LogP contribution in [0.2, 0.25) is 0 Å². The van der Waals surface area contributed by atoms with Gasteiger partial charge in [0.15, 0.2) is 0 Å². The van der Waals surface area contributed by atoms with Gasteiger partial charge < -0.3 is 15.4 Å². The second-order valence-electron chi connectivity index (χ2n) is 7.18. The van der Waals surface area contributed by atoms with E-state index in [9.17, 15) is 9.59 Å². The van der Waals surface area contributed by atoms with Gasteiger partial charge in [0.25, 0.3) is 5.91 Å². The minimum Gasteiger partial charge on any atom is -0.376 e. The number of rotatable bonds is 6. The molecule has 3 heterocycles. The third kappa shape index (κ3) is 4.23. The minimum atomic E-state index is -0.194. The summed E-state index contributed by atoms with van der Waals surface area (Å²) in [6.45, 7) is 3.34. The zero-order valence-electron chi connectivity index (χ0n) is 15.9. The molecule has 1 fully saturated rings. The van der Waals surface area contributed by atoms with E-state index in [0.29, 0.717) is 17.9 Å². The molecule has 1 unspecified atom stereocenters. The third-order valence-corrected chi connectivity index (χ3v) is 5.98. The lowest BCUT2D eigenvalue weighted by Crippen LogP contribution is -2.34. The highest BCUT2D eigenvalue weighted by molar-refractivity contribution is 7.98. The van der Waals surface area contributed by atoms with Crippen molar-refractivity contribution < 1.29 is 14.3 Å². The molecule has 2 N–H and O–H groups in total. The Balaban J connectivity index is 1.46. The highest BCUT2D eigenvalue weighted by Gasteiger charge is 2.25. The van der Waals surface area contributed by atoms with Crippen molar-refractivity contribution in [3.63, 3.8) is 0 Å². The molecule has 2 aromatic rings. The first-order valence-electron chi connectivity index (χ1n) is 9.53. The van der Waals surface area contributed by atoms with Crippen LogP contribution in [0, 0.1) is 6.92 Å². The fourth-order valence-corrected chi connectivity index (χ4v) is 4.46. The molecular weight excluding hydrogens is 376 g/mol. The van der Waals surface area contributed by atoms with Crippen molar-refractivity contribution in [3.05, 3.63) is 46.6 Å². The van der Waals surface area contributed by atoms with Gasteiger partial charge in [-0.25, -0.2) is 4.68 Å². The van der Waals surface area contributed by atoms with E-state index in [1.165, 1.54) is 0 Å². The van der Waals surface area contributed by atoms with Crippen molar-refractivity contribution in [2.24, 2.45) is 0 Å². The van der Waals surface area contributed by atoms with Gasteiger partial charge in [-0.1, -0.05) is 17.7 Å². The topological polar surface area (TPSA) is 85.2 Å². The first kappa shape index (κ1) is 19.0. The zero-order valence-corrected chi connectivity index (χ0v) is 16.7. The zero-order chi connectivity index (χ0) is 19.5. The lowest BCUT2D eigenvalue weighted by atomic mass is 10.1. The Bertz CT molecular complexity index is 872. The van der Waals surface area contributed by atoms with Crippen molar-refractivity contribution in [3.8, 4) is 0 Å². The number of aromatic nitrogens is 2. The number of anilines is 1. The number of fused-ring (bicyclic) bond motifs is 1. The number of amides is 2. The van der Waals surface area contributed by atoms with Crippen molar-refractivity contribution >= 4 is 29.4 Å². The Morgan fingerprint density at radius 3 is 2.86 bits per heavy atom. The van der Waals surface area contributed by atoms with Gasteiger partial charge in [-0.05, 0) is 31.9 Å². The lowest BCUT2D eigenvalue weighted by Gasteiger charge is -2.13. The Morgan fingerprint density at radius 2 is 2.11 bits per heavy atom. The van der Waals surface area contributed by atoms with Crippen molar-refractivity contribution in [2.75, 3.05) is 18.5 Å². The second kappa shape index (κ2) is 8.36. The quantitative estimate of drug-likeness (QED) is 0.778. The van der Waals surface area contributed by atoms with Crippen molar-refractivity contribution in [2.45, 2.75) is 43.9 Å². The van der Waals surface area contributed by atoms with E-state index in [4.69, 9.17) is 4.74 Å². The summed E-state index contributed by atoms with van der Waals surface area (Å²) in [6, 6.07) is 7.42. The van der Waals surface area contributed by atoms with Crippen LogP contribution in [0.25, 0.3) is 0 Å². The summed E-state index contributed by atoms with van der Waals surface area (Å²) in [5.74, 6) is 1.89. The van der Waals surface area contributed by atoms with E-state index in [2.05, 4.69) is 15.7 Å². The van der Waals surface area contributed by atoms with Crippen LogP contribution < -0.4 is 10.6 Å². The molecule has 4 rings (SSSR count). The van der Waals surface area contributed by atoms with E-state index in [1.807, 2.05) is 19.1 Å². The second-order valence-corrected chi connectivity index (χ2v) is 8.17. The number of hydrogen-bond donors (Lipinski definition) is 2. The molecule has 7 nitrogen and oxygen atoms in total. The molecule has 0 bridgehead atoms. The number of aryl methyl sites for hydroxylation is 1. The predicted octanol–water partition coefficient (Wildman–Crippen LogP) is 2.49. The van der Waals surface area contributed by atoms with E-state index >= 15 is 0 Å². The van der Waals surface area contributed by atoms with E-state index in [1.54, 1.807) is 28.6 Å². The van der Waals surface area contributed by atoms with Crippen LogP contribution in [-0.4, -0.2) is 40.9 Å². The van der Waals surface area contributed by atoms with Crippen LogP contribution in [0.15, 0.2) is 24.3 Å². The average molecular weight is 401 g/mol. The van der Waals surface area contributed by atoms with Crippen molar-refractivity contribution in [1.82, 2.24) is 15.1 Å². The minimum absolute atomic E-state index is 0.0773. The average Bonchev–Trinajstić information content (AvgIpc) is 3.41. The lowest BCUT2D eigenvalue weighted by molar-refractivity contribution is -0.122. The van der Waals surface area contributed by atoms with Gasteiger partial charge in [0.1, 0.15) is 12.4 Å². The summed E-state index contributed by atoms with van der Waals surface area (Å²) in [6.07, 6.45) is 2.12. The van der Waals surface area contributed by atoms with Gasteiger partial charge in [0.2, 0.25) is 5.91 Å². The standard InChI is InChI=1S/C20H24N4O3S/c1-13-4-6-14(7-5-13)20(26)22-19-16-11-28-12-17(16)23-24(19)10-18(25)21-9-15-3-2-8-27-15/h4-7,15H,2-3,8-12H2,1H3,(H,21,25)(H,22,26). The molecule has 148 valence electrons. The monoisotopic (exact) mass is 400 g/mol. The fraction of sp³-hybridized carbons (Fsp3) is 0.450. The summed E-state index contributed by atoms with van der Waals surface area (Å²) in [4.78, 5) is 25.1. The Morgan fingerprint density at radius 1 is 1.29 bits per heavy atom. The molecule has 1 aromatic carbocycles. The van der Waals surface area contributed by atoms with E-state index in [-0.39, 0.29) is 24.5 Å². The maximum absolute atomic E-state index is 12.7. The van der Waals surface area contributed by atoms with Gasteiger partial charge in [-0.3, -0.25) is 9.59 Å². The van der Waals surface area contributed by atoms with E-state index < -0.39 is 0 Å². The van der Waals surface area contributed by atoms with E-state index in [0.717, 1.165) is 47.8 Å². The number of ether oxygens (including phenoxy) is 1. The molecule has 0 aliphatic carbocycles. The maximum Gasteiger partial charge on any atom is 0.256 e. The van der Waals surface area contributed by atoms with Crippen LogP contribution in [0.3, 0.4) is 0 Å². The largest absolute Gasteiger partial charge is 0.376 e. The molecule has 28 heavy (non-hydrogen) atoms. The number of carbonyl (C=O) groups excluding carboxylic acids is 2. The SMILES string of the molecule is Cc1ccc(C(=O)Nc2c3c(nn2CC(=O)NCC2CCCO2)CSC3)cc1. The number of hydrogen-bond acceptors (Lipinski definition) is 5. The summed E-state index contributed by atoms with van der Waals surface area (Å²) >= 11 is 1.76. The molecule has 2 amide bonds. The number of nitrogens with one attached hydrogen (secondary N) is 2. The molecule has 0 radical (unpaired) electrons. The van der Waals surface area contributed by atoms with Crippen LogP contribution in [-0.2, 0) is 27.6 Å². The van der Waals surface area contributed by atoms with Gasteiger partial charge in [-0.2, -0.15) is 16.9 Å². The van der Waals surface area contributed by atoms with Gasteiger partial charge in [0, 0.05) is 35.8 Å². The van der Waals surface area contributed by atoms with Gasteiger partial charge in [0.05, 0.1) is 11.8 Å². The summed E-state index contributed by atoms with van der Waals surface area (Å²) in [5, 5.41) is 10.4. The molecule has 1 atom stereocenters. The summed E-state index contributed by atoms with van der Waals surface area (Å²) < 4.78 is 7.15. The van der Waals surface area contributed by atoms with Gasteiger partial charge in [-0.15, -0.1) is 0 Å². The number of benzene rings is 1. The number of carbonyl (C=O) groups is 2. The summed E-state index contributed by atoms with van der Waals surface area (Å²) in [7, 11) is 0. The molecule has 0 spiro atoms. The predicted molar refractivity (Wildman–Crippen MR) is 108 cm³/mol. The highest BCUT2D eigenvalue weighted by Crippen LogP contribution is 2.34. The normalized spacial score (nSPS) is 18.1. The number of thioether (sulfide) groups is 1. The van der Waals surface area contributed by atoms with Crippen LogP contribution in [0.4, 0.5) is 5.82 Å². The molecule has 0 saturated carbocycles. The Hall–Kier alpha value is -2.32. The summed E-state index contributed by atoms with van der Waals surface area (Å²) in [5.41, 5.74) is 3.64. The molecule has 2 aliphatic rings. The molecule has 2 aliphatic heterocycles. The first-order chi connectivity index (χ1) is 13.6. The van der Waals surface area contributed by atoms with Gasteiger partial charge >= 0.3 is 0 Å². The van der Waals surface area contributed by atoms with Crippen LogP contribution >= 0.6 is 11.8 Å². The molecule has 1 saturated heterocycles.